The van der Waals surface area contributed by atoms with E-state index in [0.29, 0.717) is 26.1 Å². The molecule has 4 rings (SSSR count). The van der Waals surface area contributed by atoms with Crippen molar-refractivity contribution in [2.75, 3.05) is 24.5 Å². The topological polar surface area (TPSA) is 58.4 Å². The number of amides is 2. The molecule has 6 nitrogen and oxygen atoms in total. The van der Waals surface area contributed by atoms with Gasteiger partial charge in [-0.3, -0.25) is 9.59 Å². The highest BCUT2D eigenvalue weighted by molar-refractivity contribution is 5.96. The van der Waals surface area contributed by atoms with Crippen molar-refractivity contribution in [1.29, 1.82) is 0 Å². The van der Waals surface area contributed by atoms with Gasteiger partial charge in [0, 0.05) is 37.7 Å². The Bertz CT molecular complexity index is 1080. The molecule has 0 saturated carbocycles. The number of likely N-dealkylation sites (N-methyl/N-ethyl adjacent to an activating group) is 1. The highest BCUT2D eigenvalue weighted by Crippen LogP contribution is 2.33. The number of imidazole rings is 1. The molecule has 0 bridgehead atoms. The predicted molar refractivity (Wildman–Crippen MR) is 119 cm³/mol. The van der Waals surface area contributed by atoms with Gasteiger partial charge in [0.15, 0.2) is 0 Å². The van der Waals surface area contributed by atoms with Crippen LogP contribution in [0.5, 0.6) is 0 Å². The second-order valence-corrected chi connectivity index (χ2v) is 7.86. The van der Waals surface area contributed by atoms with E-state index in [2.05, 4.69) is 0 Å². The molecular weight excluding hydrogens is 376 g/mol. The van der Waals surface area contributed by atoms with E-state index in [4.69, 9.17) is 4.98 Å². The van der Waals surface area contributed by atoms with Gasteiger partial charge in [-0.15, -0.1) is 0 Å². The van der Waals surface area contributed by atoms with Crippen LogP contribution < -0.4 is 4.90 Å². The average Bonchev–Trinajstić information content (AvgIpc) is 3.30. The summed E-state index contributed by atoms with van der Waals surface area (Å²) in [5, 5.41) is 0. The molecule has 1 atom stereocenters. The number of benzene rings is 2. The Hall–Kier alpha value is -3.15. The lowest BCUT2D eigenvalue weighted by Crippen LogP contribution is -2.34. The number of carbonyl (C=O) groups excluding carboxylic acids is 2. The van der Waals surface area contributed by atoms with E-state index in [0.717, 1.165) is 28.1 Å². The van der Waals surface area contributed by atoms with Gasteiger partial charge < -0.3 is 14.4 Å². The van der Waals surface area contributed by atoms with Crippen molar-refractivity contribution >= 4 is 28.5 Å². The van der Waals surface area contributed by atoms with E-state index in [1.807, 2.05) is 83.7 Å². The lowest BCUT2D eigenvalue weighted by atomic mass is 10.1. The molecule has 1 aromatic heterocycles. The maximum absolute atomic E-state index is 12.9. The van der Waals surface area contributed by atoms with Crippen LogP contribution in [0.25, 0.3) is 11.0 Å². The van der Waals surface area contributed by atoms with E-state index in [1.165, 1.54) is 0 Å². The van der Waals surface area contributed by atoms with Crippen LogP contribution in [0.1, 0.15) is 37.6 Å². The summed E-state index contributed by atoms with van der Waals surface area (Å²) >= 11 is 0. The van der Waals surface area contributed by atoms with Crippen molar-refractivity contribution in [3.8, 4) is 0 Å². The summed E-state index contributed by atoms with van der Waals surface area (Å²) < 4.78 is 2.01. The Morgan fingerprint density at radius 2 is 1.90 bits per heavy atom. The molecule has 2 aromatic carbocycles. The highest BCUT2D eigenvalue weighted by atomic mass is 16.2. The largest absolute Gasteiger partial charge is 0.342 e. The molecule has 2 heterocycles. The minimum Gasteiger partial charge on any atom is -0.342 e. The minimum absolute atomic E-state index is 0.0464. The third-order valence-corrected chi connectivity index (χ3v) is 5.90. The van der Waals surface area contributed by atoms with Gasteiger partial charge in [-0.1, -0.05) is 24.3 Å². The van der Waals surface area contributed by atoms with Crippen LogP contribution in [0.4, 0.5) is 5.69 Å². The monoisotopic (exact) mass is 404 g/mol. The lowest BCUT2D eigenvalue weighted by Gasteiger charge is -2.21. The Balaban J connectivity index is 1.69. The molecule has 30 heavy (non-hydrogen) atoms. The van der Waals surface area contributed by atoms with Crippen molar-refractivity contribution in [2.45, 2.75) is 39.7 Å². The molecule has 1 aliphatic heterocycles. The summed E-state index contributed by atoms with van der Waals surface area (Å²) in [6.45, 7) is 8.19. The molecule has 0 unspecified atom stereocenters. The number of anilines is 1. The first-order valence-corrected chi connectivity index (χ1v) is 10.6. The van der Waals surface area contributed by atoms with Crippen molar-refractivity contribution < 1.29 is 9.59 Å². The molecule has 156 valence electrons. The van der Waals surface area contributed by atoms with Gasteiger partial charge in [-0.25, -0.2) is 4.98 Å². The predicted octanol–water partition coefficient (Wildman–Crippen LogP) is 3.73. The molecule has 0 spiro atoms. The zero-order valence-corrected chi connectivity index (χ0v) is 17.8. The Kier molecular flexibility index (Phi) is 5.57. The fourth-order valence-corrected chi connectivity index (χ4v) is 4.31. The number of aryl methyl sites for hydroxylation is 1. The van der Waals surface area contributed by atoms with Gasteiger partial charge in [0.05, 0.1) is 11.0 Å². The van der Waals surface area contributed by atoms with Crippen LogP contribution >= 0.6 is 0 Å². The van der Waals surface area contributed by atoms with Crippen molar-refractivity contribution in [2.24, 2.45) is 0 Å². The summed E-state index contributed by atoms with van der Waals surface area (Å²) in [5.41, 5.74) is 3.85. The first kappa shape index (κ1) is 20.1. The Morgan fingerprint density at radius 3 is 2.63 bits per heavy atom. The summed E-state index contributed by atoms with van der Waals surface area (Å²) in [5.74, 6) is 0.943. The van der Waals surface area contributed by atoms with Gasteiger partial charge in [0.1, 0.15) is 12.4 Å². The van der Waals surface area contributed by atoms with Crippen LogP contribution in [-0.4, -0.2) is 45.9 Å². The zero-order chi connectivity index (χ0) is 21.3. The normalized spacial score (nSPS) is 16.4. The van der Waals surface area contributed by atoms with Gasteiger partial charge >= 0.3 is 0 Å². The van der Waals surface area contributed by atoms with Crippen molar-refractivity contribution in [3.63, 3.8) is 0 Å². The third-order valence-electron chi connectivity index (χ3n) is 5.90. The van der Waals surface area contributed by atoms with Gasteiger partial charge in [0.25, 0.3) is 0 Å². The third kappa shape index (κ3) is 3.70. The van der Waals surface area contributed by atoms with Crippen LogP contribution in [0, 0.1) is 6.92 Å². The average molecular weight is 405 g/mol. The maximum Gasteiger partial charge on any atom is 0.242 e. The van der Waals surface area contributed by atoms with E-state index >= 15 is 0 Å². The summed E-state index contributed by atoms with van der Waals surface area (Å²) in [6.07, 6.45) is 0.400. The quantitative estimate of drug-likeness (QED) is 0.629. The van der Waals surface area contributed by atoms with Crippen LogP contribution in [0.15, 0.2) is 48.5 Å². The Labute approximate surface area is 177 Å². The number of para-hydroxylation sites is 2. The summed E-state index contributed by atoms with van der Waals surface area (Å²) in [4.78, 5) is 34.2. The second kappa shape index (κ2) is 8.30. The maximum atomic E-state index is 12.9. The number of rotatable bonds is 6. The zero-order valence-electron chi connectivity index (χ0n) is 17.8. The number of aromatic nitrogens is 2. The minimum atomic E-state index is -0.0464. The lowest BCUT2D eigenvalue weighted by molar-refractivity contribution is -0.131. The molecule has 1 saturated heterocycles. The van der Waals surface area contributed by atoms with Gasteiger partial charge in [-0.2, -0.15) is 0 Å². The van der Waals surface area contributed by atoms with E-state index in [-0.39, 0.29) is 24.3 Å². The molecule has 2 amide bonds. The number of carbonyl (C=O) groups is 2. The van der Waals surface area contributed by atoms with E-state index in [1.54, 1.807) is 0 Å². The fraction of sp³-hybridized carbons (Fsp3) is 0.375. The number of nitrogens with zero attached hydrogens (tertiary/aromatic N) is 4. The molecule has 0 aliphatic carbocycles. The van der Waals surface area contributed by atoms with Crippen LogP contribution in [0.3, 0.4) is 0 Å². The van der Waals surface area contributed by atoms with Crippen LogP contribution in [-0.2, 0) is 16.1 Å². The fourth-order valence-electron chi connectivity index (χ4n) is 4.31. The number of hydrogen-bond donors (Lipinski definition) is 0. The number of hydrogen-bond acceptors (Lipinski definition) is 3. The van der Waals surface area contributed by atoms with Gasteiger partial charge in [-0.05, 0) is 50.6 Å². The molecule has 6 heteroatoms. The Morgan fingerprint density at radius 1 is 1.13 bits per heavy atom. The first-order valence-electron chi connectivity index (χ1n) is 10.6. The van der Waals surface area contributed by atoms with Crippen LogP contribution in [0.2, 0.25) is 0 Å². The molecule has 0 N–H and O–H groups in total. The SMILES string of the molecule is CCN(CC)C(=O)Cn1c([C@H]2CC(=O)N(c3cccc(C)c3)C2)nc2ccccc21. The molecular formula is C24H28N4O2. The van der Waals surface area contributed by atoms with E-state index in [9.17, 15) is 9.59 Å². The van der Waals surface area contributed by atoms with Crippen molar-refractivity contribution in [1.82, 2.24) is 14.5 Å². The molecule has 1 fully saturated rings. The van der Waals surface area contributed by atoms with E-state index < -0.39 is 0 Å². The second-order valence-electron chi connectivity index (χ2n) is 7.86. The smallest absolute Gasteiger partial charge is 0.242 e. The molecule has 1 aliphatic rings. The van der Waals surface area contributed by atoms with Crippen molar-refractivity contribution in [3.05, 3.63) is 59.9 Å². The summed E-state index contributed by atoms with van der Waals surface area (Å²) in [6, 6.07) is 15.9. The molecule has 3 aromatic rings. The first-order chi connectivity index (χ1) is 14.5. The van der Waals surface area contributed by atoms with Gasteiger partial charge in [0.2, 0.25) is 11.8 Å². The standard InChI is InChI=1S/C24H28N4O2/c1-4-26(5-2)23(30)16-28-21-12-7-6-11-20(21)25-24(28)18-14-22(29)27(15-18)19-10-8-9-17(3)13-19/h6-13,18H,4-5,14-16H2,1-3H3/t18-/m0/s1. The highest BCUT2D eigenvalue weighted by Gasteiger charge is 2.35. The molecule has 0 radical (unpaired) electrons. The number of fused-ring (bicyclic) bond motifs is 1. The summed E-state index contributed by atoms with van der Waals surface area (Å²) in [7, 11) is 0.